The zero-order valence-electron chi connectivity index (χ0n) is 16.3. The van der Waals surface area contributed by atoms with Crippen molar-refractivity contribution in [2.75, 3.05) is 19.7 Å². The lowest BCUT2D eigenvalue weighted by Crippen LogP contribution is -2.50. The standard InChI is InChI=1S/C22H25N3O3/c1-3-7-17(4-2)16-27-21(26)24-14-10-22(11-15-24)19-9-6-13-25(19)18-8-5-12-23-20(18)28-22/h3-9,12-13H,10-11,14-16H2,1-2H3. The van der Waals surface area contributed by atoms with Crippen LogP contribution in [0.25, 0.3) is 5.69 Å². The molecule has 2 aliphatic heterocycles. The first kappa shape index (κ1) is 18.3. The van der Waals surface area contributed by atoms with E-state index < -0.39 is 5.60 Å². The number of likely N-dealkylation sites (tertiary alicyclic amines) is 1. The Morgan fingerprint density at radius 1 is 1.29 bits per heavy atom. The molecule has 2 aromatic rings. The summed E-state index contributed by atoms with van der Waals surface area (Å²) in [5.74, 6) is 0.645. The van der Waals surface area contributed by atoms with E-state index in [1.54, 1.807) is 11.1 Å². The SMILES string of the molecule is CC=CC(=CC)COC(=O)N1CCC2(CC1)Oc1ncccc1-n1cccc12. The Morgan fingerprint density at radius 2 is 2.11 bits per heavy atom. The van der Waals surface area contributed by atoms with Crippen molar-refractivity contribution in [3.05, 3.63) is 66.2 Å². The number of ether oxygens (including phenoxy) is 2. The predicted molar refractivity (Wildman–Crippen MR) is 107 cm³/mol. The van der Waals surface area contributed by atoms with E-state index in [9.17, 15) is 4.79 Å². The molecular formula is C22H25N3O3. The number of amides is 1. The number of carbonyl (C=O) groups excluding carboxylic acids is 1. The van der Waals surface area contributed by atoms with Crippen LogP contribution in [-0.4, -0.2) is 40.2 Å². The third-order valence-electron chi connectivity index (χ3n) is 5.46. The average Bonchev–Trinajstić information content (AvgIpc) is 3.23. The fraction of sp³-hybridized carbons (Fsp3) is 0.364. The van der Waals surface area contributed by atoms with Crippen LogP contribution in [0, 0.1) is 0 Å². The molecule has 2 aliphatic rings. The van der Waals surface area contributed by atoms with Gasteiger partial charge < -0.3 is 18.9 Å². The second kappa shape index (κ2) is 7.54. The normalized spacial score (nSPS) is 17.9. The lowest BCUT2D eigenvalue weighted by Gasteiger charge is -2.44. The summed E-state index contributed by atoms with van der Waals surface area (Å²) in [6.07, 6.45) is 10.8. The molecule has 0 aromatic carbocycles. The van der Waals surface area contributed by atoms with Gasteiger partial charge in [0.05, 0.1) is 5.69 Å². The fourth-order valence-electron chi connectivity index (χ4n) is 3.93. The maximum Gasteiger partial charge on any atom is 0.410 e. The van der Waals surface area contributed by atoms with E-state index in [1.807, 2.05) is 56.5 Å². The maximum absolute atomic E-state index is 12.5. The van der Waals surface area contributed by atoms with Crippen molar-refractivity contribution < 1.29 is 14.3 Å². The van der Waals surface area contributed by atoms with E-state index in [0.29, 0.717) is 31.8 Å². The van der Waals surface area contributed by atoms with E-state index in [2.05, 4.69) is 15.6 Å². The Kier molecular flexibility index (Phi) is 4.94. The second-order valence-corrected chi connectivity index (χ2v) is 7.09. The number of hydrogen-bond acceptors (Lipinski definition) is 4. The lowest BCUT2D eigenvalue weighted by molar-refractivity contribution is -0.0156. The van der Waals surface area contributed by atoms with Crippen molar-refractivity contribution in [3.63, 3.8) is 0 Å². The summed E-state index contributed by atoms with van der Waals surface area (Å²) in [5.41, 5.74) is 2.60. The van der Waals surface area contributed by atoms with Crippen LogP contribution in [0.15, 0.2) is 60.5 Å². The molecule has 0 bridgehead atoms. The number of allylic oxidation sites excluding steroid dienone is 2. The van der Waals surface area contributed by atoms with Crippen molar-refractivity contribution in [1.82, 2.24) is 14.5 Å². The first-order chi connectivity index (χ1) is 13.7. The van der Waals surface area contributed by atoms with Crippen LogP contribution in [0.2, 0.25) is 0 Å². The highest BCUT2D eigenvalue weighted by Gasteiger charge is 2.45. The molecule has 28 heavy (non-hydrogen) atoms. The Hall–Kier alpha value is -3.02. The number of aromatic nitrogens is 2. The molecule has 1 fully saturated rings. The van der Waals surface area contributed by atoms with Crippen LogP contribution < -0.4 is 4.74 Å². The quantitative estimate of drug-likeness (QED) is 0.750. The Labute approximate surface area is 165 Å². The molecule has 4 rings (SSSR count). The summed E-state index contributed by atoms with van der Waals surface area (Å²) >= 11 is 0. The maximum atomic E-state index is 12.5. The van der Waals surface area contributed by atoms with Gasteiger partial charge in [-0.1, -0.05) is 18.2 Å². The molecule has 1 spiro atoms. The van der Waals surface area contributed by atoms with E-state index in [4.69, 9.17) is 9.47 Å². The van der Waals surface area contributed by atoms with Gasteiger partial charge in [-0.05, 0) is 43.7 Å². The van der Waals surface area contributed by atoms with Gasteiger partial charge in [0.1, 0.15) is 12.3 Å². The molecule has 1 amide bonds. The smallest absolute Gasteiger partial charge is 0.410 e. The molecule has 1 saturated heterocycles. The Morgan fingerprint density at radius 3 is 2.86 bits per heavy atom. The minimum Gasteiger partial charge on any atom is -0.463 e. The number of pyridine rings is 1. The molecule has 2 aromatic heterocycles. The van der Waals surface area contributed by atoms with Gasteiger partial charge in [-0.2, -0.15) is 0 Å². The Balaban J connectivity index is 1.45. The van der Waals surface area contributed by atoms with Crippen LogP contribution in [0.1, 0.15) is 32.4 Å². The number of piperidine rings is 1. The van der Waals surface area contributed by atoms with E-state index in [-0.39, 0.29) is 12.7 Å². The van der Waals surface area contributed by atoms with Crippen molar-refractivity contribution in [2.45, 2.75) is 32.3 Å². The molecule has 146 valence electrons. The van der Waals surface area contributed by atoms with Crippen molar-refractivity contribution in [2.24, 2.45) is 0 Å². The number of fused-ring (bicyclic) bond motifs is 4. The largest absolute Gasteiger partial charge is 0.463 e. The molecule has 0 saturated carbocycles. The topological polar surface area (TPSA) is 56.6 Å². The van der Waals surface area contributed by atoms with Crippen LogP contribution >= 0.6 is 0 Å². The first-order valence-corrected chi connectivity index (χ1v) is 9.69. The van der Waals surface area contributed by atoms with Gasteiger partial charge in [0.25, 0.3) is 0 Å². The van der Waals surface area contributed by atoms with Gasteiger partial charge in [0.15, 0.2) is 5.60 Å². The molecule has 0 atom stereocenters. The monoisotopic (exact) mass is 379 g/mol. The van der Waals surface area contributed by atoms with Gasteiger partial charge in [0.2, 0.25) is 5.88 Å². The van der Waals surface area contributed by atoms with Gasteiger partial charge in [-0.3, -0.25) is 0 Å². The van der Waals surface area contributed by atoms with Crippen molar-refractivity contribution in [3.8, 4) is 11.6 Å². The average molecular weight is 379 g/mol. The summed E-state index contributed by atoms with van der Waals surface area (Å²) in [5, 5.41) is 0. The van der Waals surface area contributed by atoms with Gasteiger partial charge in [-0.15, -0.1) is 0 Å². The summed E-state index contributed by atoms with van der Waals surface area (Å²) in [7, 11) is 0. The Bertz CT molecular complexity index is 921. The van der Waals surface area contributed by atoms with Crippen molar-refractivity contribution >= 4 is 6.09 Å². The van der Waals surface area contributed by atoms with E-state index >= 15 is 0 Å². The van der Waals surface area contributed by atoms with Gasteiger partial charge in [0, 0.05) is 38.3 Å². The summed E-state index contributed by atoms with van der Waals surface area (Å²) in [4.78, 5) is 18.7. The molecule has 6 heteroatoms. The lowest BCUT2D eigenvalue weighted by atomic mass is 9.87. The van der Waals surface area contributed by atoms with Crippen LogP contribution in [0.3, 0.4) is 0 Å². The predicted octanol–water partition coefficient (Wildman–Crippen LogP) is 4.21. The van der Waals surface area contributed by atoms with E-state index in [1.165, 1.54) is 0 Å². The first-order valence-electron chi connectivity index (χ1n) is 9.69. The molecule has 4 heterocycles. The van der Waals surface area contributed by atoms with E-state index in [0.717, 1.165) is 17.0 Å². The fourth-order valence-corrected chi connectivity index (χ4v) is 3.93. The molecule has 6 nitrogen and oxygen atoms in total. The minimum absolute atomic E-state index is 0.275. The number of hydrogen-bond donors (Lipinski definition) is 0. The third-order valence-corrected chi connectivity index (χ3v) is 5.46. The van der Waals surface area contributed by atoms with Gasteiger partial charge >= 0.3 is 6.09 Å². The zero-order valence-corrected chi connectivity index (χ0v) is 16.3. The molecule has 0 N–H and O–H groups in total. The molecule has 0 radical (unpaired) electrons. The van der Waals surface area contributed by atoms with Crippen LogP contribution in [0.4, 0.5) is 4.79 Å². The highest BCUT2D eigenvalue weighted by molar-refractivity contribution is 5.68. The third kappa shape index (κ3) is 3.19. The highest BCUT2D eigenvalue weighted by Crippen LogP contribution is 2.44. The van der Waals surface area contributed by atoms with Crippen LogP contribution in [0.5, 0.6) is 5.88 Å². The minimum atomic E-state index is -0.457. The number of carbonyl (C=O) groups is 1. The number of rotatable bonds is 3. The summed E-state index contributed by atoms with van der Waals surface area (Å²) in [6.45, 7) is 5.34. The highest BCUT2D eigenvalue weighted by atomic mass is 16.6. The summed E-state index contributed by atoms with van der Waals surface area (Å²) in [6, 6.07) is 8.05. The van der Waals surface area contributed by atoms with Gasteiger partial charge in [-0.25, -0.2) is 9.78 Å². The second-order valence-electron chi connectivity index (χ2n) is 7.09. The zero-order chi connectivity index (χ0) is 19.6. The van der Waals surface area contributed by atoms with Crippen LogP contribution in [-0.2, 0) is 10.3 Å². The van der Waals surface area contributed by atoms with Crippen molar-refractivity contribution in [1.29, 1.82) is 0 Å². The molecular weight excluding hydrogens is 354 g/mol. The summed E-state index contributed by atoms with van der Waals surface area (Å²) < 4.78 is 14.0. The molecule has 0 aliphatic carbocycles. The number of nitrogens with zero attached hydrogens (tertiary/aromatic N) is 3. The molecule has 0 unspecified atom stereocenters.